The molecule has 1 aromatic heterocycles. The van der Waals surface area contributed by atoms with Gasteiger partial charge < -0.3 is 15.2 Å². The van der Waals surface area contributed by atoms with Crippen molar-refractivity contribution in [3.63, 3.8) is 0 Å². The molecule has 0 unspecified atom stereocenters. The van der Waals surface area contributed by atoms with Crippen LogP contribution in [-0.2, 0) is 16.0 Å². The topological polar surface area (TPSA) is 78.1 Å². The van der Waals surface area contributed by atoms with Gasteiger partial charge in [0.1, 0.15) is 5.82 Å². The largest absolute Gasteiger partial charge is 0.356 e. The minimum atomic E-state index is 0.000308. The number of imidazole rings is 1. The van der Waals surface area contributed by atoms with Gasteiger partial charge in [-0.15, -0.1) is 0 Å². The summed E-state index contributed by atoms with van der Waals surface area (Å²) in [6.45, 7) is 2.16. The Morgan fingerprint density at radius 1 is 1.17 bits per heavy atom. The van der Waals surface area contributed by atoms with Crippen LogP contribution in [0.4, 0.5) is 0 Å². The maximum absolute atomic E-state index is 11.9. The molecule has 0 aliphatic carbocycles. The van der Waals surface area contributed by atoms with Crippen LogP contribution in [0, 0.1) is 0 Å². The SMILES string of the molecule is O=C(CCCc1nc2ccccc2[nH]1)NCCC(=O)N1CCCC1. The molecule has 2 amide bonds. The fraction of sp³-hybridized carbons (Fsp3) is 0.500. The summed E-state index contributed by atoms with van der Waals surface area (Å²) in [6.07, 6.45) is 4.53. The van der Waals surface area contributed by atoms with Gasteiger partial charge in [-0.3, -0.25) is 9.59 Å². The fourth-order valence-electron chi connectivity index (χ4n) is 3.06. The minimum absolute atomic E-state index is 0.000308. The average molecular weight is 328 g/mol. The zero-order valence-electron chi connectivity index (χ0n) is 13.9. The van der Waals surface area contributed by atoms with E-state index in [1.54, 1.807) is 0 Å². The van der Waals surface area contributed by atoms with Crippen molar-refractivity contribution in [1.29, 1.82) is 0 Å². The molecular formula is C18H24N4O2. The Hall–Kier alpha value is -2.37. The van der Waals surface area contributed by atoms with Gasteiger partial charge in [0.2, 0.25) is 11.8 Å². The van der Waals surface area contributed by atoms with Crippen LogP contribution in [0.1, 0.15) is 37.9 Å². The first-order valence-corrected chi connectivity index (χ1v) is 8.70. The highest BCUT2D eigenvalue weighted by Gasteiger charge is 2.17. The van der Waals surface area contributed by atoms with E-state index >= 15 is 0 Å². The first-order valence-electron chi connectivity index (χ1n) is 8.70. The Labute approximate surface area is 141 Å². The molecule has 128 valence electrons. The number of nitrogens with zero attached hydrogens (tertiary/aromatic N) is 2. The Kier molecular flexibility index (Phi) is 5.46. The van der Waals surface area contributed by atoms with Gasteiger partial charge in [0.25, 0.3) is 0 Å². The zero-order valence-corrected chi connectivity index (χ0v) is 13.9. The molecular weight excluding hydrogens is 304 g/mol. The summed E-state index contributed by atoms with van der Waals surface area (Å²) in [7, 11) is 0. The van der Waals surface area contributed by atoms with E-state index in [1.807, 2.05) is 29.2 Å². The summed E-state index contributed by atoms with van der Waals surface area (Å²) in [5.74, 6) is 1.06. The molecule has 6 heteroatoms. The van der Waals surface area contributed by atoms with E-state index in [9.17, 15) is 9.59 Å². The first-order chi connectivity index (χ1) is 11.7. The number of likely N-dealkylation sites (tertiary alicyclic amines) is 1. The van der Waals surface area contributed by atoms with E-state index in [1.165, 1.54) is 0 Å². The lowest BCUT2D eigenvalue weighted by atomic mass is 10.2. The molecule has 2 N–H and O–H groups in total. The van der Waals surface area contributed by atoms with Crippen molar-refractivity contribution in [2.75, 3.05) is 19.6 Å². The third kappa shape index (κ3) is 4.34. The van der Waals surface area contributed by atoms with E-state index in [4.69, 9.17) is 0 Å². The molecule has 2 heterocycles. The van der Waals surface area contributed by atoms with Crippen molar-refractivity contribution in [3.05, 3.63) is 30.1 Å². The Bertz CT molecular complexity index is 671. The molecule has 0 bridgehead atoms. The van der Waals surface area contributed by atoms with Crippen LogP contribution in [0.3, 0.4) is 0 Å². The third-order valence-electron chi connectivity index (χ3n) is 4.38. The number of aromatic nitrogens is 2. The number of aromatic amines is 1. The second-order valence-corrected chi connectivity index (χ2v) is 6.24. The second-order valence-electron chi connectivity index (χ2n) is 6.24. The van der Waals surface area contributed by atoms with Crippen LogP contribution < -0.4 is 5.32 Å². The number of nitrogens with one attached hydrogen (secondary N) is 2. The highest BCUT2D eigenvalue weighted by atomic mass is 16.2. The fourth-order valence-corrected chi connectivity index (χ4v) is 3.06. The summed E-state index contributed by atoms with van der Waals surface area (Å²) in [5, 5.41) is 2.83. The Balaban J connectivity index is 1.32. The lowest BCUT2D eigenvalue weighted by molar-refractivity contribution is -0.130. The van der Waals surface area contributed by atoms with Gasteiger partial charge in [-0.05, 0) is 31.4 Å². The molecule has 24 heavy (non-hydrogen) atoms. The Morgan fingerprint density at radius 2 is 1.96 bits per heavy atom. The average Bonchev–Trinajstić information content (AvgIpc) is 3.24. The maximum Gasteiger partial charge on any atom is 0.224 e. The number of carbonyl (C=O) groups is 2. The maximum atomic E-state index is 11.9. The molecule has 0 atom stereocenters. The van der Waals surface area contributed by atoms with Crippen LogP contribution in [0.5, 0.6) is 0 Å². The standard InChI is InChI=1S/C18H24N4O2/c23-17(19-11-10-18(24)22-12-3-4-13-22)9-5-8-16-20-14-6-1-2-7-15(14)21-16/h1-2,6-7H,3-5,8-13H2,(H,19,23)(H,20,21). The number of benzene rings is 1. The zero-order chi connectivity index (χ0) is 16.8. The van der Waals surface area contributed by atoms with Crippen molar-refractivity contribution >= 4 is 22.8 Å². The van der Waals surface area contributed by atoms with Crippen molar-refractivity contribution < 1.29 is 9.59 Å². The summed E-state index contributed by atoms with van der Waals surface area (Å²) in [6, 6.07) is 7.90. The van der Waals surface area contributed by atoms with E-state index in [2.05, 4.69) is 15.3 Å². The van der Waals surface area contributed by atoms with Gasteiger partial charge in [0.05, 0.1) is 11.0 Å². The molecule has 6 nitrogen and oxygen atoms in total. The molecule has 1 aliphatic rings. The number of amides is 2. The number of aryl methyl sites for hydroxylation is 1. The highest BCUT2D eigenvalue weighted by molar-refractivity contribution is 5.79. The highest BCUT2D eigenvalue weighted by Crippen LogP contribution is 2.12. The van der Waals surface area contributed by atoms with Gasteiger partial charge in [-0.25, -0.2) is 4.98 Å². The van der Waals surface area contributed by atoms with Crippen LogP contribution in [-0.4, -0.2) is 46.3 Å². The molecule has 1 aromatic carbocycles. The molecule has 0 saturated carbocycles. The number of rotatable bonds is 7. The predicted octanol–water partition coefficient (Wildman–Crippen LogP) is 2.01. The second kappa shape index (κ2) is 7.95. The van der Waals surface area contributed by atoms with Crippen LogP contribution >= 0.6 is 0 Å². The number of carbonyl (C=O) groups excluding carboxylic acids is 2. The number of para-hydroxylation sites is 2. The van der Waals surface area contributed by atoms with Crippen molar-refractivity contribution in [2.45, 2.75) is 38.5 Å². The van der Waals surface area contributed by atoms with Gasteiger partial charge in [0, 0.05) is 38.9 Å². The molecule has 1 saturated heterocycles. The van der Waals surface area contributed by atoms with Gasteiger partial charge in [-0.2, -0.15) is 0 Å². The van der Waals surface area contributed by atoms with Crippen molar-refractivity contribution in [3.8, 4) is 0 Å². The normalized spacial score (nSPS) is 14.2. The van der Waals surface area contributed by atoms with Gasteiger partial charge in [-0.1, -0.05) is 12.1 Å². The monoisotopic (exact) mass is 328 g/mol. The number of hydrogen-bond donors (Lipinski definition) is 2. The minimum Gasteiger partial charge on any atom is -0.356 e. The number of fused-ring (bicyclic) bond motifs is 1. The van der Waals surface area contributed by atoms with Crippen molar-refractivity contribution in [1.82, 2.24) is 20.2 Å². The Morgan fingerprint density at radius 3 is 2.75 bits per heavy atom. The molecule has 1 fully saturated rings. The molecule has 0 spiro atoms. The van der Waals surface area contributed by atoms with E-state index in [-0.39, 0.29) is 11.8 Å². The molecule has 2 aromatic rings. The summed E-state index contributed by atoms with van der Waals surface area (Å²) >= 11 is 0. The molecule has 0 radical (unpaired) electrons. The van der Waals surface area contributed by atoms with E-state index < -0.39 is 0 Å². The summed E-state index contributed by atoms with van der Waals surface area (Å²) < 4.78 is 0. The van der Waals surface area contributed by atoms with E-state index in [0.29, 0.717) is 19.4 Å². The van der Waals surface area contributed by atoms with Crippen LogP contribution in [0.2, 0.25) is 0 Å². The number of hydrogen-bond acceptors (Lipinski definition) is 3. The molecule has 3 rings (SSSR count). The van der Waals surface area contributed by atoms with Gasteiger partial charge in [0.15, 0.2) is 0 Å². The van der Waals surface area contributed by atoms with Crippen LogP contribution in [0.15, 0.2) is 24.3 Å². The first kappa shape index (κ1) is 16.5. The third-order valence-corrected chi connectivity index (χ3v) is 4.38. The summed E-state index contributed by atoms with van der Waals surface area (Å²) in [5.41, 5.74) is 1.98. The lowest BCUT2D eigenvalue weighted by Gasteiger charge is -2.15. The van der Waals surface area contributed by atoms with Gasteiger partial charge >= 0.3 is 0 Å². The number of H-pyrrole nitrogens is 1. The quantitative estimate of drug-likeness (QED) is 0.816. The predicted molar refractivity (Wildman–Crippen MR) is 92.5 cm³/mol. The summed E-state index contributed by atoms with van der Waals surface area (Å²) in [4.78, 5) is 33.4. The van der Waals surface area contributed by atoms with Crippen molar-refractivity contribution in [2.24, 2.45) is 0 Å². The lowest BCUT2D eigenvalue weighted by Crippen LogP contribution is -2.32. The smallest absolute Gasteiger partial charge is 0.224 e. The van der Waals surface area contributed by atoms with Crippen LogP contribution in [0.25, 0.3) is 11.0 Å². The van der Waals surface area contributed by atoms with E-state index in [0.717, 1.165) is 55.6 Å². The molecule has 1 aliphatic heterocycles.